The van der Waals surface area contributed by atoms with Crippen molar-refractivity contribution in [3.63, 3.8) is 0 Å². The molecule has 0 amide bonds. The number of fused-ring (bicyclic) bond motifs is 2. The molecule has 6 aromatic rings. The van der Waals surface area contributed by atoms with E-state index in [9.17, 15) is 40.7 Å². The van der Waals surface area contributed by atoms with Gasteiger partial charge in [0, 0.05) is 96.2 Å². The zero-order chi connectivity index (χ0) is 53.7. The number of phenols is 2. The summed E-state index contributed by atoms with van der Waals surface area (Å²) in [7, 11) is 3.14. The van der Waals surface area contributed by atoms with Gasteiger partial charge in [-0.2, -0.15) is 14.8 Å². The Labute approximate surface area is 440 Å². The van der Waals surface area contributed by atoms with Crippen molar-refractivity contribution in [2.75, 3.05) is 18.0 Å². The normalized spacial score (nSPS) is 14.6. The average molecular weight is 1060 g/mol. The fourth-order valence-corrected chi connectivity index (χ4v) is 9.06. The molecule has 2 aromatic heterocycles. The standard InChI is InChI=1S/C27H35N2.2C13H15N5O4.Co/c1-9-28-22-13-11-18(3)15-20(22)26(5,6)24(28)17-25-27(7,8)21-16-19(4)12-14-23(21)29(25)10-2;2*1-3-4-9-12(13(20)17(2)16-9)15-14-10-7-8(18(21)22)5-6-11(10)19;/h11-17H,9-10H2,1-8H3;2*5-7,19-20H,3-4H2,1-2H3;/q+1;;;. The molecule has 21 heteroatoms. The summed E-state index contributed by atoms with van der Waals surface area (Å²) >= 11 is 0. The van der Waals surface area contributed by atoms with Crippen LogP contribution in [0, 0.1) is 34.1 Å². The SMILES string of the molecule is CCCc1nn(C)c(O)c1N=Nc1cc([N+](=O)[O-])ccc1O.CCCc1nn(C)c(O)c1N=Nc1cc([N+](=O)[O-])ccc1O.CCN1C(=CC2=[N+](CC)c3ccc(C)cc3C2(C)C)C(C)(C)c2cc(C)ccc21.[Co]. The predicted molar refractivity (Wildman–Crippen MR) is 281 cm³/mol. The third-order valence-corrected chi connectivity index (χ3v) is 13.0. The minimum absolute atomic E-state index is 0. The van der Waals surface area contributed by atoms with Crippen LogP contribution in [0.4, 0.5) is 45.5 Å². The number of benzene rings is 4. The van der Waals surface area contributed by atoms with E-state index in [4.69, 9.17) is 0 Å². The van der Waals surface area contributed by atoms with Crippen molar-refractivity contribution in [1.82, 2.24) is 19.6 Å². The predicted octanol–water partition coefficient (Wildman–Crippen LogP) is 12.6. The first-order valence-electron chi connectivity index (χ1n) is 24.1. The van der Waals surface area contributed by atoms with Gasteiger partial charge < -0.3 is 25.3 Å². The molecule has 1 radical (unpaired) electrons. The third kappa shape index (κ3) is 11.7. The van der Waals surface area contributed by atoms with Gasteiger partial charge in [-0.3, -0.25) is 20.2 Å². The molecule has 74 heavy (non-hydrogen) atoms. The van der Waals surface area contributed by atoms with E-state index in [0.717, 1.165) is 38.1 Å². The van der Waals surface area contributed by atoms with Crippen LogP contribution in [0.1, 0.15) is 102 Å². The molecule has 8 rings (SSSR count). The molecule has 0 fully saturated rings. The Morgan fingerprint density at radius 1 is 0.649 bits per heavy atom. The molecular weight excluding hydrogens is 992 g/mol. The number of nitro benzene ring substituents is 2. The number of aromatic hydroxyl groups is 4. The van der Waals surface area contributed by atoms with Gasteiger partial charge in [-0.15, -0.1) is 20.5 Å². The van der Waals surface area contributed by atoms with Gasteiger partial charge in [0.15, 0.2) is 17.1 Å². The quantitative estimate of drug-likeness (QED) is 0.0366. The molecule has 0 unspecified atom stereocenters. The Hall–Kier alpha value is -7.78. The van der Waals surface area contributed by atoms with E-state index >= 15 is 0 Å². The van der Waals surface area contributed by atoms with Crippen LogP contribution < -0.4 is 4.90 Å². The number of aryl methyl sites for hydroxylation is 6. The summed E-state index contributed by atoms with van der Waals surface area (Å²) in [5.74, 6) is -0.793. The molecule has 0 saturated heterocycles. The molecule has 0 saturated carbocycles. The van der Waals surface area contributed by atoms with Crippen LogP contribution >= 0.6 is 0 Å². The number of allylic oxidation sites excluding steroid dienone is 2. The molecule has 393 valence electrons. The molecule has 2 aliphatic rings. The van der Waals surface area contributed by atoms with Crippen LogP contribution in [0.5, 0.6) is 23.3 Å². The second kappa shape index (κ2) is 23.4. The summed E-state index contributed by atoms with van der Waals surface area (Å²) in [6.45, 7) is 24.3. The summed E-state index contributed by atoms with van der Waals surface area (Å²) in [6, 6.07) is 20.7. The Balaban J connectivity index is 0.000000207. The van der Waals surface area contributed by atoms with Crippen LogP contribution in [0.2, 0.25) is 0 Å². The molecule has 2 aliphatic heterocycles. The molecule has 20 nitrogen and oxygen atoms in total. The summed E-state index contributed by atoms with van der Waals surface area (Å²) in [4.78, 5) is 22.8. The number of nitrogens with zero attached hydrogens (tertiary/aromatic N) is 12. The maximum atomic E-state index is 10.7. The largest absolute Gasteiger partial charge is 0.506 e. The Morgan fingerprint density at radius 3 is 1.54 bits per heavy atom. The van der Waals surface area contributed by atoms with Crippen molar-refractivity contribution in [1.29, 1.82) is 0 Å². The minimum atomic E-state index is -0.595. The molecule has 0 bridgehead atoms. The number of anilines is 1. The number of aromatic nitrogens is 4. The van der Waals surface area contributed by atoms with E-state index in [-0.39, 0.29) is 85.0 Å². The second-order valence-corrected chi connectivity index (χ2v) is 18.9. The van der Waals surface area contributed by atoms with E-state index in [1.165, 1.54) is 78.7 Å². The van der Waals surface area contributed by atoms with E-state index < -0.39 is 9.85 Å². The smallest absolute Gasteiger partial charge is 0.271 e. The van der Waals surface area contributed by atoms with E-state index in [2.05, 4.69) is 138 Å². The molecule has 0 atom stereocenters. The first-order valence-corrected chi connectivity index (χ1v) is 24.1. The molecule has 4 heterocycles. The van der Waals surface area contributed by atoms with E-state index in [0.29, 0.717) is 24.2 Å². The number of nitro groups is 2. The van der Waals surface area contributed by atoms with Crippen molar-refractivity contribution in [2.45, 2.75) is 106 Å². The maximum Gasteiger partial charge on any atom is 0.271 e. The van der Waals surface area contributed by atoms with Gasteiger partial charge in [-0.25, -0.2) is 9.36 Å². The second-order valence-electron chi connectivity index (χ2n) is 18.9. The van der Waals surface area contributed by atoms with Gasteiger partial charge in [0.05, 0.1) is 26.6 Å². The third-order valence-electron chi connectivity index (χ3n) is 13.0. The summed E-state index contributed by atoms with van der Waals surface area (Å²) in [6.07, 6.45) is 5.31. The van der Waals surface area contributed by atoms with Gasteiger partial charge in [-0.1, -0.05) is 69.9 Å². The number of hydrogen-bond donors (Lipinski definition) is 4. The number of rotatable bonds is 13. The Morgan fingerprint density at radius 2 is 1.11 bits per heavy atom. The number of non-ortho nitro benzene ring substituents is 2. The summed E-state index contributed by atoms with van der Waals surface area (Å²) in [5, 5.41) is 84.3. The average Bonchev–Trinajstić information content (AvgIpc) is 3.93. The number of hydrogen-bond acceptors (Lipinski definition) is 15. The van der Waals surface area contributed by atoms with Crippen molar-refractivity contribution in [3.05, 3.63) is 138 Å². The number of likely N-dealkylation sites (N-methyl/N-ethyl adjacent to an activating group) is 1. The summed E-state index contributed by atoms with van der Waals surface area (Å²) in [5.41, 5.74) is 12.1. The monoisotopic (exact) mass is 1060 g/mol. The van der Waals surface area contributed by atoms with Crippen molar-refractivity contribution in [3.8, 4) is 23.3 Å². The van der Waals surface area contributed by atoms with Gasteiger partial charge in [0.25, 0.3) is 11.4 Å². The van der Waals surface area contributed by atoms with Crippen LogP contribution in [0.25, 0.3) is 0 Å². The Kier molecular flexibility index (Phi) is 18.1. The van der Waals surface area contributed by atoms with Crippen LogP contribution in [0.15, 0.2) is 105 Å². The van der Waals surface area contributed by atoms with Gasteiger partial charge in [0.2, 0.25) is 17.4 Å². The maximum absolute atomic E-state index is 10.7. The number of phenolic OH excluding ortho intramolecular Hbond substituents is 2. The van der Waals surface area contributed by atoms with Gasteiger partial charge in [0.1, 0.15) is 29.4 Å². The number of azo groups is 2. The van der Waals surface area contributed by atoms with Gasteiger partial charge >= 0.3 is 0 Å². The fraction of sp³-hybridized carbons (Fsp3) is 0.377. The molecule has 0 spiro atoms. The van der Waals surface area contributed by atoms with Crippen molar-refractivity contribution >= 4 is 51.2 Å². The zero-order valence-corrected chi connectivity index (χ0v) is 44.9. The van der Waals surface area contributed by atoms with Crippen LogP contribution in [-0.2, 0) is 54.5 Å². The van der Waals surface area contributed by atoms with Crippen molar-refractivity contribution in [2.24, 2.45) is 34.6 Å². The van der Waals surface area contributed by atoms with Crippen LogP contribution in [0.3, 0.4) is 0 Å². The molecule has 4 N–H and O–H groups in total. The topological polar surface area (TPSA) is 259 Å². The molecule has 4 aromatic carbocycles. The molecule has 0 aliphatic carbocycles. The van der Waals surface area contributed by atoms with Crippen molar-refractivity contribution < 1.29 is 51.6 Å². The van der Waals surface area contributed by atoms with Gasteiger partial charge in [-0.05, 0) is 84.2 Å². The first-order chi connectivity index (χ1) is 34.5. The van der Waals surface area contributed by atoms with E-state index in [1.54, 1.807) is 14.1 Å². The van der Waals surface area contributed by atoms with E-state index in [1.807, 2.05) is 13.8 Å². The zero-order valence-electron chi connectivity index (χ0n) is 43.9. The van der Waals surface area contributed by atoms with Crippen LogP contribution in [-0.4, -0.2) is 73.2 Å². The molecular formula is C53H65CoN12O8+. The summed E-state index contributed by atoms with van der Waals surface area (Å²) < 4.78 is 5.05. The Bertz CT molecular complexity index is 3080. The fourth-order valence-electron chi connectivity index (χ4n) is 9.06. The minimum Gasteiger partial charge on any atom is -0.506 e. The first kappa shape index (κ1) is 57.1.